The van der Waals surface area contributed by atoms with Gasteiger partial charge < -0.3 is 0 Å². The molecule has 0 saturated heterocycles. The van der Waals surface area contributed by atoms with Gasteiger partial charge in [-0.2, -0.15) is 0 Å². The van der Waals surface area contributed by atoms with E-state index < -0.39 is 0 Å². The molecule has 2 saturated carbocycles. The molecule has 138 valence electrons. The minimum Gasteiger partial charge on any atom is -0.0817 e. The molecule has 1 unspecified atom stereocenters. The van der Waals surface area contributed by atoms with Gasteiger partial charge in [0, 0.05) is 0 Å². The van der Waals surface area contributed by atoms with Crippen LogP contribution in [0.5, 0.6) is 0 Å². The van der Waals surface area contributed by atoms with Gasteiger partial charge in [-0.05, 0) is 82.8 Å². The maximum Gasteiger partial charge on any atom is -0.0246 e. The average molecular weight is 444 g/mol. The van der Waals surface area contributed by atoms with Crippen molar-refractivity contribution in [3.05, 3.63) is 94.5 Å². The van der Waals surface area contributed by atoms with Crippen molar-refractivity contribution >= 4 is 16.9 Å². The van der Waals surface area contributed by atoms with Crippen LogP contribution in [0.25, 0.3) is 0 Å². The molecular formula is C24H33PZr. The van der Waals surface area contributed by atoms with Crippen molar-refractivity contribution in [2.24, 2.45) is 5.92 Å². The quantitative estimate of drug-likeness (QED) is 0.511. The van der Waals surface area contributed by atoms with Crippen LogP contribution < -0.4 is 5.30 Å². The Kier molecular flexibility index (Phi) is 20.5. The predicted molar refractivity (Wildman–Crippen MR) is 118 cm³/mol. The summed E-state index contributed by atoms with van der Waals surface area (Å²) >= 11 is 1.57. The fourth-order valence-corrected chi connectivity index (χ4v) is 3.49. The molecule has 0 N–H and O–H groups in total. The van der Waals surface area contributed by atoms with Gasteiger partial charge in [-0.15, -0.1) is 0 Å². The van der Waals surface area contributed by atoms with E-state index in [1.54, 1.807) is 24.2 Å². The van der Waals surface area contributed by atoms with Gasteiger partial charge in [0.05, 0.1) is 0 Å². The van der Waals surface area contributed by atoms with Crippen LogP contribution in [0.2, 0.25) is 0 Å². The molecule has 0 spiro atoms. The third-order valence-corrected chi connectivity index (χ3v) is 5.51. The van der Waals surface area contributed by atoms with Crippen LogP contribution in [-0.4, -0.2) is 17.0 Å². The Hall–Kier alpha value is 0.403. The van der Waals surface area contributed by atoms with Gasteiger partial charge in [0.25, 0.3) is 0 Å². The van der Waals surface area contributed by atoms with Crippen molar-refractivity contribution in [1.29, 1.82) is 0 Å². The van der Waals surface area contributed by atoms with E-state index in [4.69, 9.17) is 0 Å². The summed E-state index contributed by atoms with van der Waals surface area (Å²) in [6, 6.07) is 10.6. The summed E-state index contributed by atoms with van der Waals surface area (Å²) in [5.74, 6) is 0.916. The average Bonchev–Trinajstić information content (AvgIpc) is 3.41. The molecule has 26 heavy (non-hydrogen) atoms. The number of hydrogen-bond donors (Lipinski definition) is 0. The minimum atomic E-state index is 0.104. The topological polar surface area (TPSA) is 0 Å². The zero-order valence-corrected chi connectivity index (χ0v) is 20.0. The summed E-state index contributed by atoms with van der Waals surface area (Å²) in [5, 5.41) is 1.48. The van der Waals surface area contributed by atoms with E-state index >= 15 is 0 Å². The second-order valence-electron chi connectivity index (χ2n) is 6.11. The van der Waals surface area contributed by atoms with Gasteiger partial charge in [0.15, 0.2) is 0 Å². The Morgan fingerprint density at radius 3 is 1.38 bits per heavy atom. The van der Waals surface area contributed by atoms with E-state index in [1.807, 2.05) is 64.2 Å². The van der Waals surface area contributed by atoms with E-state index in [9.17, 15) is 0 Å². The van der Waals surface area contributed by atoms with Crippen LogP contribution in [0.3, 0.4) is 0 Å². The van der Waals surface area contributed by atoms with Crippen LogP contribution in [0.15, 0.2) is 30.3 Å². The van der Waals surface area contributed by atoms with Crippen LogP contribution in [0.1, 0.15) is 26.7 Å². The van der Waals surface area contributed by atoms with E-state index in [-0.39, 0.29) is 7.92 Å². The molecule has 0 bridgehead atoms. The molecule has 1 aromatic rings. The largest absolute Gasteiger partial charge is 0.0817 e. The number of benzene rings is 1. The molecule has 2 aliphatic rings. The maximum atomic E-state index is 2.32. The fraction of sp³-hybridized carbons (Fsp3) is 0.292. The second kappa shape index (κ2) is 20.1. The number of hydrogen-bond acceptors (Lipinski definition) is 0. The Bertz CT molecular complexity index is 369. The summed E-state index contributed by atoms with van der Waals surface area (Å²) < 4.78 is 2.32. The molecule has 2 fully saturated rings. The second-order valence-corrected chi connectivity index (χ2v) is 9.42. The molecule has 2 aliphatic carbocycles. The number of rotatable bonds is 4. The summed E-state index contributed by atoms with van der Waals surface area (Å²) in [6.45, 7) is 9.07. The fourth-order valence-electron chi connectivity index (χ4n) is 1.74. The Labute approximate surface area is 181 Å². The standard InChI is InChI=1S/C8H11P.C6H12.2C5H5.Zr/c1-9(2)8-6-4-3-5-7-8;1-4-6(3)5-2;2*1-2-4-5-3-1;/h3-7H,1-2H3;1,6H,4-5H2,2-3H3;2*1-5H;. The third kappa shape index (κ3) is 17.8. The van der Waals surface area contributed by atoms with Crippen molar-refractivity contribution in [2.45, 2.75) is 26.7 Å². The summed E-state index contributed by atoms with van der Waals surface area (Å²) in [7, 11) is 0.104. The Morgan fingerprint density at radius 2 is 1.19 bits per heavy atom. The first-order valence-corrected chi connectivity index (χ1v) is 12.8. The Balaban J connectivity index is 0.000000330. The molecule has 3 rings (SSSR count). The molecule has 0 heterocycles. The molecule has 0 aliphatic heterocycles. The molecule has 1 atom stereocenters. The summed E-state index contributed by atoms with van der Waals surface area (Å²) in [4.78, 5) is 0. The van der Waals surface area contributed by atoms with E-state index in [1.165, 1.54) is 18.1 Å². The first-order valence-electron chi connectivity index (χ1n) is 9.16. The monoisotopic (exact) mass is 442 g/mol. The molecule has 0 amide bonds. The van der Waals surface area contributed by atoms with Crippen molar-refractivity contribution < 1.29 is 24.2 Å². The molecule has 0 aromatic heterocycles. The first-order chi connectivity index (χ1) is 12.6. The van der Waals surface area contributed by atoms with Crippen LogP contribution >= 0.6 is 7.92 Å². The predicted octanol–water partition coefficient (Wildman–Crippen LogP) is 5.87. The molecule has 10 radical (unpaired) electrons. The smallest absolute Gasteiger partial charge is 0.0246 e. The molecule has 0 nitrogen and oxygen atoms in total. The van der Waals surface area contributed by atoms with Crippen LogP contribution in [0, 0.1) is 70.1 Å². The zero-order chi connectivity index (χ0) is 19.5. The minimum absolute atomic E-state index is 0.104. The summed E-state index contributed by atoms with van der Waals surface area (Å²) in [6.07, 6.45) is 22.6. The van der Waals surface area contributed by atoms with Crippen molar-refractivity contribution in [2.75, 3.05) is 13.3 Å². The van der Waals surface area contributed by atoms with E-state index in [0.717, 1.165) is 5.92 Å². The first kappa shape index (κ1) is 26.4. The van der Waals surface area contributed by atoms with Crippen molar-refractivity contribution in [3.8, 4) is 0 Å². The van der Waals surface area contributed by atoms with Crippen molar-refractivity contribution in [1.82, 2.24) is 0 Å². The molecular weight excluding hydrogens is 410 g/mol. The Morgan fingerprint density at radius 1 is 0.808 bits per heavy atom. The van der Waals surface area contributed by atoms with Gasteiger partial charge >= 0.3 is 60.6 Å². The SMILES string of the molecule is CCC(C)C[CH]=[Zr].CP(C)c1ccccc1.[CH]1[CH][CH][CH][CH]1.[CH]1[CH][CH][CH][CH]1. The normalized spacial score (nSPS) is 16.3. The van der Waals surface area contributed by atoms with E-state index in [2.05, 4.69) is 61.2 Å². The maximum absolute atomic E-state index is 2.32. The third-order valence-electron chi connectivity index (χ3n) is 3.60. The van der Waals surface area contributed by atoms with Gasteiger partial charge in [-0.1, -0.05) is 38.3 Å². The zero-order valence-electron chi connectivity index (χ0n) is 16.7. The van der Waals surface area contributed by atoms with Crippen LogP contribution in [-0.2, 0) is 24.2 Å². The molecule has 2 heteroatoms. The molecule has 1 aromatic carbocycles. The van der Waals surface area contributed by atoms with Gasteiger partial charge in [0.1, 0.15) is 0 Å². The van der Waals surface area contributed by atoms with Gasteiger partial charge in [-0.25, -0.2) is 0 Å². The van der Waals surface area contributed by atoms with Gasteiger partial charge in [0.2, 0.25) is 0 Å². The van der Waals surface area contributed by atoms with Crippen molar-refractivity contribution in [3.63, 3.8) is 0 Å². The van der Waals surface area contributed by atoms with E-state index in [0.29, 0.717) is 0 Å². The summed E-state index contributed by atoms with van der Waals surface area (Å²) in [5.41, 5.74) is 0. The van der Waals surface area contributed by atoms with Gasteiger partial charge in [-0.3, -0.25) is 0 Å². The van der Waals surface area contributed by atoms with Crippen LogP contribution in [0.4, 0.5) is 0 Å².